The first-order valence-corrected chi connectivity index (χ1v) is 10.5. The minimum atomic E-state index is -0.553. The van der Waals surface area contributed by atoms with E-state index in [-0.39, 0.29) is 0 Å². The van der Waals surface area contributed by atoms with Gasteiger partial charge in [0.15, 0.2) is 0 Å². The molecule has 0 fully saturated rings. The molecule has 0 saturated carbocycles. The maximum Gasteiger partial charge on any atom is 0.101 e. The van der Waals surface area contributed by atoms with E-state index in [4.69, 9.17) is 5.10 Å². The number of fused-ring (bicyclic) bond motifs is 3. The maximum atomic E-state index is 9.45. The Labute approximate surface area is 191 Å². The van der Waals surface area contributed by atoms with Crippen LogP contribution in [-0.2, 0) is 12.5 Å². The molecule has 0 aliphatic rings. The molecule has 3 aromatic heterocycles. The summed E-state index contributed by atoms with van der Waals surface area (Å²) in [5.74, 6) is 0. The molecule has 0 atom stereocenters. The van der Waals surface area contributed by atoms with Gasteiger partial charge in [-0.2, -0.15) is 15.6 Å². The molecule has 0 aliphatic heterocycles. The summed E-state index contributed by atoms with van der Waals surface area (Å²) in [6.45, 7) is 3.82. The third-order valence-corrected chi connectivity index (χ3v) is 6.04. The fourth-order valence-corrected chi connectivity index (χ4v) is 4.08. The van der Waals surface area contributed by atoms with Crippen molar-refractivity contribution in [3.05, 3.63) is 78.2 Å². The Morgan fingerprint density at radius 2 is 1.64 bits per heavy atom. The fraction of sp³-hybridized carbons (Fsp3) is 0.148. The highest BCUT2D eigenvalue weighted by atomic mass is 15.3. The normalized spacial score (nSPS) is 11.4. The standard InChI is InChI=1S/C27H20N6/c1-27(2,16-29)21-7-4-18(5-8-21)26-25-22-11-19(20-10-17(12-28)13-30-14-20)6-9-23(22)31-15-24(25)33(3)32-26/h4-11,13-15H,1-3H3. The highest BCUT2D eigenvalue weighted by Crippen LogP contribution is 2.35. The van der Waals surface area contributed by atoms with Gasteiger partial charge in [0.25, 0.3) is 0 Å². The molecule has 2 aromatic carbocycles. The Bertz CT molecular complexity index is 1610. The summed E-state index contributed by atoms with van der Waals surface area (Å²) in [6.07, 6.45) is 5.16. The van der Waals surface area contributed by atoms with E-state index in [1.165, 1.54) is 0 Å². The Kier molecular flexibility index (Phi) is 4.65. The van der Waals surface area contributed by atoms with Crippen LogP contribution in [0.5, 0.6) is 0 Å². The molecule has 0 aliphatic carbocycles. The van der Waals surface area contributed by atoms with Gasteiger partial charge in [-0.1, -0.05) is 30.3 Å². The van der Waals surface area contributed by atoms with E-state index < -0.39 is 5.41 Å². The zero-order chi connectivity index (χ0) is 23.2. The van der Waals surface area contributed by atoms with Crippen molar-refractivity contribution in [1.82, 2.24) is 19.7 Å². The van der Waals surface area contributed by atoms with Crippen molar-refractivity contribution in [1.29, 1.82) is 10.5 Å². The van der Waals surface area contributed by atoms with Gasteiger partial charge < -0.3 is 0 Å². The van der Waals surface area contributed by atoms with Gasteiger partial charge in [0, 0.05) is 41.3 Å². The molecule has 6 heteroatoms. The van der Waals surface area contributed by atoms with E-state index in [0.717, 1.165) is 49.8 Å². The molecular formula is C27H20N6. The van der Waals surface area contributed by atoms with E-state index in [1.807, 2.05) is 74.2 Å². The summed E-state index contributed by atoms with van der Waals surface area (Å²) in [6, 6.07) is 20.4. The molecule has 0 unspecified atom stereocenters. The van der Waals surface area contributed by atoms with Crippen LogP contribution < -0.4 is 0 Å². The van der Waals surface area contributed by atoms with Gasteiger partial charge in [0.1, 0.15) is 11.8 Å². The monoisotopic (exact) mass is 428 g/mol. The second-order valence-electron chi connectivity index (χ2n) is 8.61. The predicted octanol–water partition coefficient (Wildman–Crippen LogP) is 5.52. The molecule has 0 N–H and O–H groups in total. The van der Waals surface area contributed by atoms with Crippen LogP contribution in [0, 0.1) is 22.7 Å². The summed E-state index contributed by atoms with van der Waals surface area (Å²) in [5.41, 5.74) is 6.41. The zero-order valence-corrected chi connectivity index (χ0v) is 18.5. The summed E-state index contributed by atoms with van der Waals surface area (Å²) in [7, 11) is 1.91. The fourth-order valence-electron chi connectivity index (χ4n) is 4.08. The topological polar surface area (TPSA) is 91.2 Å². The van der Waals surface area contributed by atoms with Crippen LogP contribution in [-0.4, -0.2) is 19.7 Å². The first-order valence-electron chi connectivity index (χ1n) is 10.5. The van der Waals surface area contributed by atoms with Gasteiger partial charge >= 0.3 is 0 Å². The van der Waals surface area contributed by atoms with Crippen molar-refractivity contribution in [2.24, 2.45) is 7.05 Å². The lowest BCUT2D eigenvalue weighted by molar-refractivity contribution is 0.687. The number of nitriles is 2. The van der Waals surface area contributed by atoms with Gasteiger partial charge in [-0.15, -0.1) is 0 Å². The van der Waals surface area contributed by atoms with Gasteiger partial charge in [0.05, 0.1) is 34.3 Å². The minimum absolute atomic E-state index is 0.520. The lowest BCUT2D eigenvalue weighted by atomic mass is 9.86. The summed E-state index contributed by atoms with van der Waals surface area (Å²) < 4.78 is 1.84. The van der Waals surface area contributed by atoms with Crippen molar-refractivity contribution in [2.45, 2.75) is 19.3 Å². The van der Waals surface area contributed by atoms with E-state index in [0.29, 0.717) is 5.56 Å². The third kappa shape index (κ3) is 3.39. The highest BCUT2D eigenvalue weighted by molar-refractivity contribution is 6.12. The zero-order valence-electron chi connectivity index (χ0n) is 18.5. The molecule has 0 bridgehead atoms. The minimum Gasteiger partial charge on any atom is -0.266 e. The Morgan fingerprint density at radius 3 is 2.36 bits per heavy atom. The number of rotatable bonds is 3. The van der Waals surface area contributed by atoms with Crippen molar-refractivity contribution in [3.8, 4) is 34.5 Å². The number of hydrogen-bond acceptors (Lipinski definition) is 5. The predicted molar refractivity (Wildman–Crippen MR) is 128 cm³/mol. The average molecular weight is 428 g/mol. The second-order valence-corrected chi connectivity index (χ2v) is 8.61. The van der Waals surface area contributed by atoms with Crippen LogP contribution in [0.4, 0.5) is 0 Å². The third-order valence-electron chi connectivity index (χ3n) is 6.04. The van der Waals surface area contributed by atoms with E-state index in [9.17, 15) is 10.5 Å². The van der Waals surface area contributed by atoms with Crippen molar-refractivity contribution < 1.29 is 0 Å². The molecule has 0 saturated heterocycles. The van der Waals surface area contributed by atoms with Crippen LogP contribution >= 0.6 is 0 Å². The SMILES string of the molecule is Cn1nc(-c2ccc(C(C)(C)C#N)cc2)c2c3cc(-c4cncc(C#N)c4)ccc3ncc21. The van der Waals surface area contributed by atoms with Gasteiger partial charge in [0.2, 0.25) is 0 Å². The Morgan fingerprint density at radius 1 is 0.879 bits per heavy atom. The molecular weight excluding hydrogens is 408 g/mol. The highest BCUT2D eigenvalue weighted by Gasteiger charge is 2.21. The first kappa shape index (κ1) is 20.4. The van der Waals surface area contributed by atoms with Crippen LogP contribution in [0.2, 0.25) is 0 Å². The largest absolute Gasteiger partial charge is 0.266 e. The maximum absolute atomic E-state index is 9.45. The quantitative estimate of drug-likeness (QED) is 0.377. The summed E-state index contributed by atoms with van der Waals surface area (Å²) in [5, 5.41) is 25.5. The number of pyridine rings is 2. The molecule has 33 heavy (non-hydrogen) atoms. The molecule has 0 spiro atoms. The lowest BCUT2D eigenvalue weighted by Gasteiger charge is -2.15. The van der Waals surface area contributed by atoms with Gasteiger partial charge in [-0.05, 0) is 43.2 Å². The summed E-state index contributed by atoms with van der Waals surface area (Å²) >= 11 is 0. The molecule has 3 heterocycles. The van der Waals surface area contributed by atoms with Crippen molar-refractivity contribution >= 4 is 21.8 Å². The second kappa shape index (κ2) is 7.55. The molecule has 6 nitrogen and oxygen atoms in total. The number of aryl methyl sites for hydroxylation is 1. The smallest absolute Gasteiger partial charge is 0.101 e. The van der Waals surface area contributed by atoms with E-state index in [1.54, 1.807) is 12.4 Å². The Hall–Kier alpha value is -4.55. The van der Waals surface area contributed by atoms with E-state index >= 15 is 0 Å². The van der Waals surface area contributed by atoms with Gasteiger partial charge in [-0.25, -0.2) is 0 Å². The lowest BCUT2D eigenvalue weighted by Crippen LogP contribution is -2.13. The summed E-state index contributed by atoms with van der Waals surface area (Å²) in [4.78, 5) is 8.84. The van der Waals surface area contributed by atoms with Crippen LogP contribution in [0.25, 0.3) is 44.2 Å². The molecule has 0 amide bonds. The van der Waals surface area contributed by atoms with Crippen LogP contribution in [0.15, 0.2) is 67.1 Å². The first-order chi connectivity index (χ1) is 15.9. The average Bonchev–Trinajstić information content (AvgIpc) is 3.20. The van der Waals surface area contributed by atoms with Gasteiger partial charge in [-0.3, -0.25) is 14.6 Å². The molecule has 5 aromatic rings. The van der Waals surface area contributed by atoms with Crippen LogP contribution in [0.3, 0.4) is 0 Å². The molecule has 158 valence electrons. The number of nitrogens with zero attached hydrogens (tertiary/aromatic N) is 6. The Balaban J connectivity index is 1.73. The number of benzene rings is 2. The van der Waals surface area contributed by atoms with Crippen LogP contribution in [0.1, 0.15) is 25.0 Å². The van der Waals surface area contributed by atoms with E-state index in [2.05, 4.69) is 28.2 Å². The van der Waals surface area contributed by atoms with Crippen molar-refractivity contribution in [2.75, 3.05) is 0 Å². The molecule has 5 rings (SSSR count). The van der Waals surface area contributed by atoms with Crippen molar-refractivity contribution in [3.63, 3.8) is 0 Å². The molecule has 0 radical (unpaired) electrons. The number of hydrogen-bond donors (Lipinski definition) is 0. The number of aromatic nitrogens is 4.